The standard InChI is InChI=1S/C18H19NO5S/c1-12-5-4-6-14-15(20)9-10-19(18(12)14)25(21,22)17-8-7-13(23-2)11-16(17)24-3/h4-8,11H,9-10H2,1-3H3. The van der Waals surface area contributed by atoms with Crippen molar-refractivity contribution in [3.05, 3.63) is 47.5 Å². The second kappa shape index (κ2) is 6.40. The number of rotatable bonds is 4. The number of benzene rings is 2. The molecule has 1 heterocycles. The number of hydrogen-bond donors (Lipinski definition) is 0. The number of Topliss-reactive ketones (excluding diaryl/α,β-unsaturated/α-hetero) is 1. The molecule has 3 rings (SSSR count). The lowest BCUT2D eigenvalue weighted by molar-refractivity contribution is 0.0982. The molecule has 0 unspecified atom stereocenters. The van der Waals surface area contributed by atoms with Gasteiger partial charge in [0.05, 0.1) is 19.9 Å². The molecule has 25 heavy (non-hydrogen) atoms. The van der Waals surface area contributed by atoms with E-state index in [0.29, 0.717) is 17.0 Å². The summed E-state index contributed by atoms with van der Waals surface area (Å²) in [7, 11) is -0.980. The molecule has 1 aliphatic rings. The number of nitrogens with zero attached hydrogens (tertiary/aromatic N) is 1. The van der Waals surface area contributed by atoms with Crippen molar-refractivity contribution in [2.45, 2.75) is 18.2 Å². The maximum Gasteiger partial charge on any atom is 0.268 e. The van der Waals surface area contributed by atoms with Crippen LogP contribution in [0.3, 0.4) is 0 Å². The van der Waals surface area contributed by atoms with Crippen molar-refractivity contribution in [1.82, 2.24) is 0 Å². The molecule has 2 aromatic carbocycles. The monoisotopic (exact) mass is 361 g/mol. The van der Waals surface area contributed by atoms with Crippen LogP contribution >= 0.6 is 0 Å². The van der Waals surface area contributed by atoms with Gasteiger partial charge in [-0.3, -0.25) is 9.10 Å². The van der Waals surface area contributed by atoms with Crippen molar-refractivity contribution in [1.29, 1.82) is 0 Å². The van der Waals surface area contributed by atoms with Crippen LogP contribution < -0.4 is 13.8 Å². The van der Waals surface area contributed by atoms with E-state index in [4.69, 9.17) is 9.47 Å². The van der Waals surface area contributed by atoms with Crippen LogP contribution in [0.1, 0.15) is 22.3 Å². The van der Waals surface area contributed by atoms with Gasteiger partial charge in [-0.1, -0.05) is 12.1 Å². The first-order valence-corrected chi connectivity index (χ1v) is 9.21. The van der Waals surface area contributed by atoms with Crippen LogP contribution in [0.25, 0.3) is 0 Å². The van der Waals surface area contributed by atoms with Gasteiger partial charge in [0.15, 0.2) is 5.78 Å². The highest BCUT2D eigenvalue weighted by molar-refractivity contribution is 7.93. The van der Waals surface area contributed by atoms with Gasteiger partial charge in [-0.05, 0) is 30.7 Å². The first-order valence-electron chi connectivity index (χ1n) is 7.77. The van der Waals surface area contributed by atoms with Crippen LogP contribution in [-0.4, -0.2) is 35.0 Å². The van der Waals surface area contributed by atoms with Crippen molar-refractivity contribution < 1.29 is 22.7 Å². The zero-order chi connectivity index (χ0) is 18.2. The Morgan fingerprint density at radius 3 is 2.52 bits per heavy atom. The predicted molar refractivity (Wildman–Crippen MR) is 94.2 cm³/mol. The summed E-state index contributed by atoms with van der Waals surface area (Å²) < 4.78 is 38.2. The molecule has 7 heteroatoms. The number of aryl methyl sites for hydroxylation is 1. The average Bonchev–Trinajstić information content (AvgIpc) is 2.61. The SMILES string of the molecule is COc1ccc(S(=O)(=O)N2CCC(=O)c3cccc(C)c32)c(OC)c1. The smallest absolute Gasteiger partial charge is 0.268 e. The van der Waals surface area contributed by atoms with E-state index in [0.717, 1.165) is 5.56 Å². The molecule has 0 spiro atoms. The average molecular weight is 361 g/mol. The van der Waals surface area contributed by atoms with Crippen LogP contribution in [0.2, 0.25) is 0 Å². The van der Waals surface area contributed by atoms with E-state index in [9.17, 15) is 13.2 Å². The Morgan fingerprint density at radius 1 is 1.08 bits per heavy atom. The number of sulfonamides is 1. The molecular weight excluding hydrogens is 342 g/mol. The maximum absolute atomic E-state index is 13.3. The van der Waals surface area contributed by atoms with E-state index in [1.54, 1.807) is 31.2 Å². The molecule has 0 saturated carbocycles. The van der Waals surface area contributed by atoms with Gasteiger partial charge in [0.2, 0.25) is 0 Å². The number of methoxy groups -OCH3 is 2. The number of para-hydroxylation sites is 1. The first kappa shape index (κ1) is 17.3. The predicted octanol–water partition coefficient (Wildman–Crippen LogP) is 2.79. The number of carbonyl (C=O) groups excluding carboxylic acids is 1. The number of ether oxygens (including phenoxy) is 2. The lowest BCUT2D eigenvalue weighted by Gasteiger charge is -2.31. The van der Waals surface area contributed by atoms with Gasteiger partial charge in [-0.2, -0.15) is 0 Å². The summed E-state index contributed by atoms with van der Waals surface area (Å²) in [6, 6.07) is 9.78. The molecule has 0 amide bonds. The minimum absolute atomic E-state index is 0.0411. The second-order valence-corrected chi connectivity index (χ2v) is 7.57. The number of carbonyl (C=O) groups is 1. The zero-order valence-corrected chi connectivity index (χ0v) is 15.1. The highest BCUT2D eigenvalue weighted by Gasteiger charge is 2.35. The Hall–Kier alpha value is -2.54. The van der Waals surface area contributed by atoms with Crippen molar-refractivity contribution in [2.75, 3.05) is 25.1 Å². The van der Waals surface area contributed by atoms with Crippen LogP contribution in [-0.2, 0) is 10.0 Å². The molecule has 0 aliphatic carbocycles. The van der Waals surface area contributed by atoms with Gasteiger partial charge in [0.25, 0.3) is 10.0 Å². The molecule has 6 nitrogen and oxygen atoms in total. The van der Waals surface area contributed by atoms with Gasteiger partial charge >= 0.3 is 0 Å². The summed E-state index contributed by atoms with van der Waals surface area (Å²) in [4.78, 5) is 12.2. The van der Waals surface area contributed by atoms with E-state index in [1.165, 1.54) is 30.7 Å². The third-order valence-electron chi connectivity index (χ3n) is 4.27. The van der Waals surface area contributed by atoms with E-state index < -0.39 is 10.0 Å². The van der Waals surface area contributed by atoms with E-state index in [2.05, 4.69) is 0 Å². The molecule has 0 saturated heterocycles. The van der Waals surface area contributed by atoms with Gasteiger partial charge in [0.1, 0.15) is 16.4 Å². The summed E-state index contributed by atoms with van der Waals surface area (Å²) in [5.41, 5.74) is 1.61. The van der Waals surface area contributed by atoms with E-state index in [-0.39, 0.29) is 29.4 Å². The Kier molecular flexibility index (Phi) is 4.43. The van der Waals surface area contributed by atoms with Crippen molar-refractivity contribution in [3.63, 3.8) is 0 Å². The Bertz CT molecular complexity index is 936. The molecule has 0 aromatic heterocycles. The van der Waals surface area contributed by atoms with Crippen molar-refractivity contribution in [3.8, 4) is 11.5 Å². The molecule has 0 radical (unpaired) electrons. The summed E-state index contributed by atoms with van der Waals surface area (Å²) in [5, 5.41) is 0. The van der Waals surface area contributed by atoms with Crippen LogP contribution in [0.4, 0.5) is 5.69 Å². The molecular formula is C18H19NO5S. The normalized spacial score (nSPS) is 14.2. The Morgan fingerprint density at radius 2 is 1.84 bits per heavy atom. The molecule has 0 fully saturated rings. The number of anilines is 1. The summed E-state index contributed by atoms with van der Waals surface area (Å²) >= 11 is 0. The van der Waals surface area contributed by atoms with Gasteiger partial charge < -0.3 is 9.47 Å². The van der Waals surface area contributed by atoms with Crippen molar-refractivity contribution in [2.24, 2.45) is 0 Å². The first-order chi connectivity index (χ1) is 11.9. The van der Waals surface area contributed by atoms with Gasteiger partial charge in [0, 0.05) is 24.6 Å². The van der Waals surface area contributed by atoms with Crippen LogP contribution in [0.5, 0.6) is 11.5 Å². The minimum atomic E-state index is -3.89. The van der Waals surface area contributed by atoms with E-state index in [1.807, 2.05) is 0 Å². The lowest BCUT2D eigenvalue weighted by Crippen LogP contribution is -2.38. The quantitative estimate of drug-likeness (QED) is 0.837. The van der Waals surface area contributed by atoms with Crippen LogP contribution in [0, 0.1) is 6.92 Å². The number of fused-ring (bicyclic) bond motifs is 1. The summed E-state index contributed by atoms with van der Waals surface area (Å²) in [6.45, 7) is 1.90. The fraction of sp³-hybridized carbons (Fsp3) is 0.278. The fourth-order valence-corrected chi connectivity index (χ4v) is 4.70. The second-order valence-electron chi connectivity index (χ2n) is 5.74. The Labute approximate surface area is 147 Å². The molecule has 132 valence electrons. The van der Waals surface area contributed by atoms with Crippen molar-refractivity contribution >= 4 is 21.5 Å². The highest BCUT2D eigenvalue weighted by atomic mass is 32.2. The molecule has 0 N–H and O–H groups in total. The molecule has 0 bridgehead atoms. The molecule has 0 atom stereocenters. The third-order valence-corrected chi connectivity index (χ3v) is 6.11. The Balaban J connectivity index is 2.17. The third kappa shape index (κ3) is 2.84. The number of hydrogen-bond acceptors (Lipinski definition) is 5. The number of ketones is 1. The van der Waals surface area contributed by atoms with E-state index >= 15 is 0 Å². The van der Waals surface area contributed by atoms with Gasteiger partial charge in [-0.25, -0.2) is 8.42 Å². The van der Waals surface area contributed by atoms with Crippen LogP contribution in [0.15, 0.2) is 41.3 Å². The molecule has 2 aromatic rings. The minimum Gasteiger partial charge on any atom is -0.497 e. The lowest BCUT2D eigenvalue weighted by atomic mass is 9.99. The summed E-state index contributed by atoms with van der Waals surface area (Å²) in [6.07, 6.45) is 0.147. The largest absolute Gasteiger partial charge is 0.497 e. The topological polar surface area (TPSA) is 72.9 Å². The highest BCUT2D eigenvalue weighted by Crippen LogP contribution is 2.37. The molecule has 1 aliphatic heterocycles. The maximum atomic E-state index is 13.3. The van der Waals surface area contributed by atoms with Gasteiger partial charge in [-0.15, -0.1) is 0 Å². The fourth-order valence-electron chi connectivity index (χ4n) is 3.01. The zero-order valence-electron chi connectivity index (χ0n) is 14.3. The summed E-state index contributed by atoms with van der Waals surface area (Å²) in [5.74, 6) is 0.652.